The van der Waals surface area contributed by atoms with E-state index in [1.807, 2.05) is 47.9 Å². The zero-order valence-electron chi connectivity index (χ0n) is 25.7. The van der Waals surface area contributed by atoms with Gasteiger partial charge < -0.3 is 20.4 Å². The normalized spacial score (nSPS) is 22.1. The number of imidazole rings is 1. The van der Waals surface area contributed by atoms with E-state index in [0.717, 1.165) is 11.1 Å². The van der Waals surface area contributed by atoms with E-state index in [1.54, 1.807) is 42.7 Å². The zero-order chi connectivity index (χ0) is 33.0. The van der Waals surface area contributed by atoms with Gasteiger partial charge in [-0.1, -0.05) is 60.5 Å². The molecule has 11 heteroatoms. The number of nitrogens with two attached hydrogens (primary N) is 1. The second kappa shape index (κ2) is 12.0. The third-order valence-corrected chi connectivity index (χ3v) is 10.1. The van der Waals surface area contributed by atoms with Crippen LogP contribution in [0.1, 0.15) is 46.8 Å². The van der Waals surface area contributed by atoms with Crippen molar-refractivity contribution < 1.29 is 18.7 Å². The van der Waals surface area contributed by atoms with Gasteiger partial charge in [0.05, 0.1) is 29.0 Å². The third kappa shape index (κ3) is 5.04. The summed E-state index contributed by atoms with van der Waals surface area (Å²) in [6, 6.07) is 23.0. The van der Waals surface area contributed by atoms with Crippen molar-refractivity contribution in [3.63, 3.8) is 0 Å². The van der Waals surface area contributed by atoms with Crippen molar-refractivity contribution in [3.05, 3.63) is 123 Å². The summed E-state index contributed by atoms with van der Waals surface area (Å²) in [4.78, 5) is 33.3. The number of rotatable bonds is 8. The van der Waals surface area contributed by atoms with Crippen LogP contribution in [0.4, 0.5) is 10.1 Å². The molecule has 0 saturated carbocycles. The van der Waals surface area contributed by atoms with E-state index >= 15 is 4.39 Å². The largest absolute Gasteiger partial charge is 0.494 e. The standard InChI is InChI=1S/C36H32Cl2FN5O3/c1-3-47-24-7-4-6-21(14-24)17-44-31(18-43-19-41-29-15-22(34(40)45)10-13-30(29)43)20(2)32(25-8-5-9-27(38)33(25)39)36(44)26-12-11-23(37)16-28(26)42-35(36)46/h4-16,19-20,31-32H,3,17-18H2,1-2H3,(H2,40,45)(H,42,46)/t20-,31+,32-,36-/m1/s1. The van der Waals surface area contributed by atoms with Gasteiger partial charge in [0, 0.05) is 46.9 Å². The first kappa shape index (κ1) is 31.2. The maximum atomic E-state index is 16.2. The van der Waals surface area contributed by atoms with Gasteiger partial charge in [0.1, 0.15) is 17.1 Å². The molecule has 8 nitrogen and oxygen atoms in total. The Balaban J connectivity index is 1.45. The van der Waals surface area contributed by atoms with Gasteiger partial charge in [0.25, 0.3) is 0 Å². The second-order valence-electron chi connectivity index (χ2n) is 12.1. The summed E-state index contributed by atoms with van der Waals surface area (Å²) in [7, 11) is 0. The third-order valence-electron chi connectivity index (χ3n) is 9.59. The van der Waals surface area contributed by atoms with Crippen LogP contribution in [0.3, 0.4) is 0 Å². The molecule has 2 aliphatic rings. The van der Waals surface area contributed by atoms with Crippen LogP contribution in [0, 0.1) is 11.7 Å². The van der Waals surface area contributed by atoms with Crippen LogP contribution >= 0.6 is 23.2 Å². The summed E-state index contributed by atoms with van der Waals surface area (Å²) in [5.41, 5.74) is 8.57. The van der Waals surface area contributed by atoms with E-state index in [4.69, 9.17) is 33.7 Å². The maximum Gasteiger partial charge on any atom is 0.250 e. The second-order valence-corrected chi connectivity index (χ2v) is 13.0. The fraction of sp³-hybridized carbons (Fsp3) is 0.250. The first-order valence-electron chi connectivity index (χ1n) is 15.4. The molecular weight excluding hydrogens is 640 g/mol. The lowest BCUT2D eigenvalue weighted by atomic mass is 9.71. The molecule has 3 heterocycles. The molecule has 4 aromatic carbocycles. The number of primary amides is 1. The fourth-order valence-electron chi connectivity index (χ4n) is 7.65. The van der Waals surface area contributed by atoms with E-state index in [9.17, 15) is 9.59 Å². The highest BCUT2D eigenvalue weighted by atomic mass is 35.5. The average molecular weight is 673 g/mol. The first-order valence-corrected chi connectivity index (χ1v) is 16.2. The number of hydrogen-bond donors (Lipinski definition) is 2. The van der Waals surface area contributed by atoms with Crippen molar-refractivity contribution in [2.24, 2.45) is 11.7 Å². The predicted octanol–water partition coefficient (Wildman–Crippen LogP) is 7.13. The van der Waals surface area contributed by atoms with E-state index < -0.39 is 23.2 Å². The smallest absolute Gasteiger partial charge is 0.250 e. The summed E-state index contributed by atoms with van der Waals surface area (Å²) < 4.78 is 24.0. The molecule has 0 aliphatic carbocycles. The topological polar surface area (TPSA) is 102 Å². The Labute approximate surface area is 281 Å². The van der Waals surface area contributed by atoms with Crippen molar-refractivity contribution in [2.45, 2.75) is 44.4 Å². The summed E-state index contributed by atoms with van der Waals surface area (Å²) >= 11 is 12.8. The number of halogens is 3. The van der Waals surface area contributed by atoms with Gasteiger partial charge in [-0.05, 0) is 72.5 Å². The summed E-state index contributed by atoms with van der Waals surface area (Å²) in [5, 5.41) is 3.56. The Morgan fingerprint density at radius 2 is 1.89 bits per heavy atom. The van der Waals surface area contributed by atoms with Gasteiger partial charge in [-0.2, -0.15) is 0 Å². The molecule has 0 radical (unpaired) electrons. The number of carbonyl (C=O) groups is 2. The van der Waals surface area contributed by atoms with Crippen LogP contribution in [0.25, 0.3) is 11.0 Å². The Kier molecular flexibility index (Phi) is 7.94. The molecule has 1 fully saturated rings. The number of aromatic nitrogens is 2. The van der Waals surface area contributed by atoms with Crippen molar-refractivity contribution >= 4 is 51.7 Å². The highest BCUT2D eigenvalue weighted by Gasteiger charge is 2.66. The van der Waals surface area contributed by atoms with Crippen LogP contribution in [0.15, 0.2) is 85.2 Å². The van der Waals surface area contributed by atoms with Crippen molar-refractivity contribution in [3.8, 4) is 5.75 Å². The SMILES string of the molecule is CCOc1cccc(CN2[C@@H](Cn3cnc4cc(C(N)=O)ccc43)[C@@H](C)[C@H](c3cccc(Cl)c3F)[C@]23C(=O)Nc2cc(Cl)ccc23)c1. The molecular formula is C36H32Cl2FN5O3. The molecule has 4 atom stereocenters. The van der Waals surface area contributed by atoms with Crippen molar-refractivity contribution in [1.82, 2.24) is 14.5 Å². The van der Waals surface area contributed by atoms with Crippen LogP contribution in [-0.4, -0.2) is 38.9 Å². The highest BCUT2D eigenvalue weighted by molar-refractivity contribution is 6.31. The molecule has 0 unspecified atom stereocenters. The molecule has 1 saturated heterocycles. The van der Waals surface area contributed by atoms with Crippen LogP contribution in [0.5, 0.6) is 5.75 Å². The molecule has 3 N–H and O–H groups in total. The van der Waals surface area contributed by atoms with Crippen molar-refractivity contribution in [1.29, 1.82) is 0 Å². The van der Waals surface area contributed by atoms with Gasteiger partial charge in [0.2, 0.25) is 11.8 Å². The number of hydrogen-bond acceptors (Lipinski definition) is 5. The number of fused-ring (bicyclic) bond motifs is 3. The minimum atomic E-state index is -1.33. The molecule has 240 valence electrons. The Morgan fingerprint density at radius 1 is 1.09 bits per heavy atom. The van der Waals surface area contributed by atoms with E-state index in [-0.39, 0.29) is 22.9 Å². The minimum absolute atomic E-state index is 0.00939. The summed E-state index contributed by atoms with van der Waals surface area (Å²) in [5.74, 6) is -1.55. The molecule has 2 amide bonds. The van der Waals surface area contributed by atoms with Gasteiger partial charge >= 0.3 is 0 Å². The number of benzene rings is 4. The number of amides is 2. The van der Waals surface area contributed by atoms with E-state index in [0.29, 0.717) is 58.4 Å². The fourth-order valence-corrected chi connectivity index (χ4v) is 8.00. The van der Waals surface area contributed by atoms with Gasteiger partial charge in [-0.3, -0.25) is 14.5 Å². The Bertz CT molecular complexity index is 2050. The number of nitrogens with zero attached hydrogens (tertiary/aromatic N) is 3. The number of carbonyl (C=O) groups excluding carboxylic acids is 2. The van der Waals surface area contributed by atoms with Gasteiger partial charge in [-0.25, -0.2) is 9.37 Å². The molecule has 2 aliphatic heterocycles. The van der Waals surface area contributed by atoms with Crippen LogP contribution in [0.2, 0.25) is 10.0 Å². The average Bonchev–Trinajstić information content (AvgIpc) is 3.65. The summed E-state index contributed by atoms with van der Waals surface area (Å²) in [6.07, 6.45) is 1.72. The lowest BCUT2D eigenvalue weighted by Crippen LogP contribution is -2.52. The van der Waals surface area contributed by atoms with Gasteiger partial charge in [-0.15, -0.1) is 0 Å². The highest BCUT2D eigenvalue weighted by Crippen LogP contribution is 2.60. The quantitative estimate of drug-likeness (QED) is 0.183. The number of likely N-dealkylation sites (tertiary alicyclic amines) is 1. The van der Waals surface area contributed by atoms with E-state index in [1.165, 1.54) is 6.07 Å². The van der Waals surface area contributed by atoms with Crippen molar-refractivity contribution in [2.75, 3.05) is 11.9 Å². The monoisotopic (exact) mass is 671 g/mol. The molecule has 1 spiro atoms. The molecule has 5 aromatic rings. The number of nitrogens with one attached hydrogen (secondary N) is 1. The minimum Gasteiger partial charge on any atom is -0.494 e. The molecule has 7 rings (SSSR count). The zero-order valence-corrected chi connectivity index (χ0v) is 27.2. The Hall–Kier alpha value is -4.44. The number of ether oxygens (including phenoxy) is 1. The predicted molar refractivity (Wildman–Crippen MR) is 180 cm³/mol. The Morgan fingerprint density at radius 3 is 2.68 bits per heavy atom. The molecule has 47 heavy (non-hydrogen) atoms. The number of anilines is 1. The maximum absolute atomic E-state index is 16.2. The van der Waals surface area contributed by atoms with Crippen LogP contribution in [-0.2, 0) is 23.4 Å². The lowest BCUT2D eigenvalue weighted by Gasteiger charge is -2.40. The molecule has 0 bridgehead atoms. The van der Waals surface area contributed by atoms with Crippen LogP contribution < -0.4 is 15.8 Å². The van der Waals surface area contributed by atoms with E-state index in [2.05, 4.69) is 22.1 Å². The lowest BCUT2D eigenvalue weighted by molar-refractivity contribution is -0.128. The van der Waals surface area contributed by atoms with Gasteiger partial charge in [0.15, 0.2) is 0 Å². The first-order chi connectivity index (χ1) is 22.6. The molecule has 1 aromatic heterocycles. The summed E-state index contributed by atoms with van der Waals surface area (Å²) in [6.45, 7) is 5.25.